The van der Waals surface area contributed by atoms with Crippen molar-refractivity contribution in [2.24, 2.45) is 5.73 Å². The lowest BCUT2D eigenvalue weighted by Crippen LogP contribution is -2.26. The molecule has 0 aliphatic carbocycles. The Morgan fingerprint density at radius 3 is 2.78 bits per heavy atom. The summed E-state index contributed by atoms with van der Waals surface area (Å²) in [4.78, 5) is 16.2. The molecule has 0 aliphatic heterocycles. The van der Waals surface area contributed by atoms with Crippen LogP contribution in [0.5, 0.6) is 0 Å². The Morgan fingerprint density at radius 2 is 2.17 bits per heavy atom. The quantitative estimate of drug-likeness (QED) is 0.839. The van der Waals surface area contributed by atoms with Crippen molar-refractivity contribution in [2.45, 2.75) is 32.9 Å². The van der Waals surface area contributed by atoms with Crippen LogP contribution in [0.15, 0.2) is 24.5 Å². The van der Waals surface area contributed by atoms with E-state index < -0.39 is 11.7 Å². The molecule has 0 saturated carbocycles. The molecular formula is C13H17N3O2. The van der Waals surface area contributed by atoms with Crippen LogP contribution >= 0.6 is 0 Å². The Kier molecular flexibility index (Phi) is 3.09. The van der Waals surface area contributed by atoms with Crippen molar-refractivity contribution in [3.05, 3.63) is 30.1 Å². The van der Waals surface area contributed by atoms with Gasteiger partial charge in [-0.05, 0) is 38.5 Å². The van der Waals surface area contributed by atoms with Gasteiger partial charge in [0.05, 0.1) is 11.0 Å². The van der Waals surface area contributed by atoms with Crippen LogP contribution in [-0.2, 0) is 11.3 Å². The molecule has 1 heterocycles. The fraction of sp³-hybridized carbons (Fsp3) is 0.385. The van der Waals surface area contributed by atoms with E-state index in [9.17, 15) is 4.79 Å². The molecule has 18 heavy (non-hydrogen) atoms. The summed E-state index contributed by atoms with van der Waals surface area (Å²) in [5.41, 5.74) is 7.49. The Morgan fingerprint density at radius 1 is 1.44 bits per heavy atom. The lowest BCUT2D eigenvalue weighted by Gasteiger charge is -2.19. The van der Waals surface area contributed by atoms with Crippen LogP contribution in [0.2, 0.25) is 0 Å². The van der Waals surface area contributed by atoms with E-state index in [1.54, 1.807) is 0 Å². The maximum absolute atomic E-state index is 12.0. The van der Waals surface area contributed by atoms with Gasteiger partial charge in [-0.2, -0.15) is 0 Å². The number of fused-ring (bicyclic) bond motifs is 1. The number of hydrogen-bond donors (Lipinski definition) is 1. The average molecular weight is 247 g/mol. The summed E-state index contributed by atoms with van der Waals surface area (Å²) in [5.74, 6) is 0. The van der Waals surface area contributed by atoms with Crippen LogP contribution in [0, 0.1) is 0 Å². The molecule has 1 aromatic carbocycles. The van der Waals surface area contributed by atoms with E-state index in [2.05, 4.69) is 4.98 Å². The molecule has 0 spiro atoms. The minimum absolute atomic E-state index is 0.425. The molecule has 2 aromatic rings. The zero-order valence-electron chi connectivity index (χ0n) is 10.8. The molecule has 0 amide bonds. The summed E-state index contributed by atoms with van der Waals surface area (Å²) in [5, 5.41) is 0. The van der Waals surface area contributed by atoms with Crippen molar-refractivity contribution in [3.8, 4) is 0 Å². The van der Waals surface area contributed by atoms with Gasteiger partial charge in [-0.1, -0.05) is 6.07 Å². The van der Waals surface area contributed by atoms with Crippen LogP contribution in [-0.4, -0.2) is 21.2 Å². The zero-order chi connectivity index (χ0) is 13.3. The summed E-state index contributed by atoms with van der Waals surface area (Å²) in [6.07, 6.45) is 1.05. The lowest BCUT2D eigenvalue weighted by molar-refractivity contribution is 0.0543. The number of benzene rings is 1. The maximum atomic E-state index is 12.0. The first-order valence-electron chi connectivity index (χ1n) is 5.80. The number of ether oxygens (including phenoxy) is 1. The second kappa shape index (κ2) is 4.42. The summed E-state index contributed by atoms with van der Waals surface area (Å²) in [6.45, 7) is 5.94. The molecule has 0 saturated heterocycles. The molecule has 0 bridgehead atoms. The van der Waals surface area contributed by atoms with Gasteiger partial charge in [-0.3, -0.25) is 0 Å². The molecule has 1 aromatic heterocycles. The standard InChI is InChI=1S/C13H17N3O2/c1-13(2,3)18-12(17)16-8-15-10-6-9(7-14)4-5-11(10)16/h4-6,8H,7,14H2,1-3H3. The van der Waals surface area contributed by atoms with Crippen molar-refractivity contribution in [1.29, 1.82) is 0 Å². The van der Waals surface area contributed by atoms with Gasteiger partial charge in [0.2, 0.25) is 0 Å². The molecule has 2 N–H and O–H groups in total. The normalized spacial score (nSPS) is 11.8. The van der Waals surface area contributed by atoms with E-state index in [-0.39, 0.29) is 0 Å². The topological polar surface area (TPSA) is 70.1 Å². The molecular weight excluding hydrogens is 230 g/mol. The Hall–Kier alpha value is -1.88. The number of hydrogen-bond acceptors (Lipinski definition) is 4. The van der Waals surface area contributed by atoms with Crippen molar-refractivity contribution in [2.75, 3.05) is 0 Å². The van der Waals surface area contributed by atoms with Gasteiger partial charge in [0.15, 0.2) is 0 Å². The van der Waals surface area contributed by atoms with Crippen LogP contribution < -0.4 is 5.73 Å². The minimum atomic E-state index is -0.523. The van der Waals surface area contributed by atoms with Crippen LogP contribution in [0.4, 0.5) is 4.79 Å². The smallest absolute Gasteiger partial charge is 0.420 e. The predicted molar refractivity (Wildman–Crippen MR) is 69.3 cm³/mol. The monoisotopic (exact) mass is 247 g/mol. The number of carbonyl (C=O) groups is 1. The van der Waals surface area contributed by atoms with Crippen LogP contribution in [0.3, 0.4) is 0 Å². The summed E-state index contributed by atoms with van der Waals surface area (Å²) >= 11 is 0. The molecule has 0 aliphatic rings. The van der Waals surface area contributed by atoms with E-state index in [0.717, 1.165) is 16.6 Å². The summed E-state index contributed by atoms with van der Waals surface area (Å²) < 4.78 is 6.71. The van der Waals surface area contributed by atoms with Crippen molar-refractivity contribution < 1.29 is 9.53 Å². The highest BCUT2D eigenvalue weighted by atomic mass is 16.6. The molecule has 0 atom stereocenters. The zero-order valence-corrected chi connectivity index (χ0v) is 10.8. The van der Waals surface area contributed by atoms with E-state index >= 15 is 0 Å². The Labute approximate surface area is 106 Å². The predicted octanol–water partition coefficient (Wildman–Crippen LogP) is 2.28. The minimum Gasteiger partial charge on any atom is -0.443 e. The third kappa shape index (κ3) is 2.51. The maximum Gasteiger partial charge on any atom is 0.420 e. The third-order valence-corrected chi connectivity index (χ3v) is 2.44. The van der Waals surface area contributed by atoms with Gasteiger partial charge >= 0.3 is 6.09 Å². The first-order valence-corrected chi connectivity index (χ1v) is 5.80. The van der Waals surface area contributed by atoms with Crippen LogP contribution in [0.25, 0.3) is 11.0 Å². The van der Waals surface area contributed by atoms with Gasteiger partial charge in [0.1, 0.15) is 11.9 Å². The Bertz CT molecular complexity index is 581. The molecule has 5 heteroatoms. The van der Waals surface area contributed by atoms with Gasteiger partial charge in [0, 0.05) is 6.54 Å². The largest absolute Gasteiger partial charge is 0.443 e. The van der Waals surface area contributed by atoms with E-state index in [4.69, 9.17) is 10.5 Å². The van der Waals surface area contributed by atoms with E-state index in [1.807, 2.05) is 39.0 Å². The lowest BCUT2D eigenvalue weighted by atomic mass is 10.2. The van der Waals surface area contributed by atoms with Crippen molar-refractivity contribution in [1.82, 2.24) is 9.55 Å². The number of nitrogens with two attached hydrogens (primary N) is 1. The first-order chi connectivity index (χ1) is 8.40. The van der Waals surface area contributed by atoms with E-state index in [1.165, 1.54) is 10.9 Å². The number of nitrogens with zero attached hydrogens (tertiary/aromatic N) is 2. The average Bonchev–Trinajstić information content (AvgIpc) is 2.69. The van der Waals surface area contributed by atoms with Crippen molar-refractivity contribution in [3.63, 3.8) is 0 Å². The molecule has 96 valence electrons. The Balaban J connectivity index is 2.38. The fourth-order valence-electron chi connectivity index (χ4n) is 1.64. The summed E-state index contributed by atoms with van der Waals surface area (Å²) in [6, 6.07) is 5.58. The second-order valence-corrected chi connectivity index (χ2v) is 5.12. The SMILES string of the molecule is CC(C)(C)OC(=O)n1cnc2cc(CN)ccc21. The number of carbonyl (C=O) groups excluding carboxylic acids is 1. The molecule has 2 rings (SSSR count). The number of aromatic nitrogens is 2. The van der Waals surface area contributed by atoms with Gasteiger partial charge < -0.3 is 10.5 Å². The second-order valence-electron chi connectivity index (χ2n) is 5.12. The summed E-state index contributed by atoms with van der Waals surface area (Å²) in [7, 11) is 0. The number of imidazole rings is 1. The highest BCUT2D eigenvalue weighted by Crippen LogP contribution is 2.17. The van der Waals surface area contributed by atoms with E-state index in [0.29, 0.717) is 6.54 Å². The van der Waals surface area contributed by atoms with Gasteiger partial charge in [-0.15, -0.1) is 0 Å². The molecule has 5 nitrogen and oxygen atoms in total. The fourth-order valence-corrected chi connectivity index (χ4v) is 1.64. The molecule has 0 fully saturated rings. The van der Waals surface area contributed by atoms with Gasteiger partial charge in [0.25, 0.3) is 0 Å². The molecule has 0 radical (unpaired) electrons. The highest BCUT2D eigenvalue weighted by Gasteiger charge is 2.19. The van der Waals surface area contributed by atoms with Gasteiger partial charge in [-0.25, -0.2) is 14.3 Å². The molecule has 0 unspecified atom stereocenters. The highest BCUT2D eigenvalue weighted by molar-refractivity contribution is 5.86. The van der Waals surface area contributed by atoms with Crippen molar-refractivity contribution >= 4 is 17.1 Å². The first kappa shape index (κ1) is 12.6. The number of rotatable bonds is 1. The van der Waals surface area contributed by atoms with Crippen LogP contribution in [0.1, 0.15) is 26.3 Å². The third-order valence-electron chi connectivity index (χ3n) is 2.44.